The minimum atomic E-state index is -0.267. The maximum absolute atomic E-state index is 12.2. The molecule has 0 aliphatic rings. The summed E-state index contributed by atoms with van der Waals surface area (Å²) in [6, 6.07) is 10.4. The molecule has 1 amide bonds. The van der Waals surface area contributed by atoms with E-state index in [0.29, 0.717) is 34.3 Å². The number of amides is 1. The monoisotopic (exact) mass is 304 g/mol. The smallest absolute Gasteiger partial charge is 0.257 e. The minimum Gasteiger partial charge on any atom is -0.492 e. The van der Waals surface area contributed by atoms with Crippen LogP contribution in [0.25, 0.3) is 0 Å². The van der Waals surface area contributed by atoms with Crippen LogP contribution < -0.4 is 15.8 Å². The van der Waals surface area contributed by atoms with E-state index in [4.69, 9.17) is 22.1 Å². The normalized spacial score (nSPS) is 10.2. The Labute approximate surface area is 128 Å². The van der Waals surface area contributed by atoms with Gasteiger partial charge in [0.2, 0.25) is 0 Å². The Morgan fingerprint density at radius 1 is 1.29 bits per heavy atom. The lowest BCUT2D eigenvalue weighted by Gasteiger charge is -2.10. The predicted molar refractivity (Wildman–Crippen MR) is 86.2 cm³/mol. The van der Waals surface area contributed by atoms with E-state index in [1.807, 2.05) is 19.9 Å². The quantitative estimate of drug-likeness (QED) is 0.842. The Morgan fingerprint density at radius 2 is 2.05 bits per heavy atom. The van der Waals surface area contributed by atoms with E-state index in [2.05, 4.69) is 5.32 Å². The molecule has 0 aliphatic carbocycles. The predicted octanol–water partition coefficient (Wildman–Crippen LogP) is 3.88. The highest BCUT2D eigenvalue weighted by Gasteiger charge is 2.11. The van der Waals surface area contributed by atoms with E-state index in [1.54, 1.807) is 30.3 Å². The number of ether oxygens (including phenoxy) is 1. The molecule has 5 heteroatoms. The van der Waals surface area contributed by atoms with E-state index in [0.717, 1.165) is 5.56 Å². The van der Waals surface area contributed by atoms with E-state index in [9.17, 15) is 4.79 Å². The van der Waals surface area contributed by atoms with Gasteiger partial charge in [-0.3, -0.25) is 4.79 Å². The summed E-state index contributed by atoms with van der Waals surface area (Å²) in [5.41, 5.74) is 8.28. The molecule has 0 heterocycles. The number of anilines is 2. The van der Waals surface area contributed by atoms with Gasteiger partial charge in [-0.2, -0.15) is 0 Å². The van der Waals surface area contributed by atoms with Crippen LogP contribution in [-0.2, 0) is 0 Å². The number of nitrogen functional groups attached to an aromatic ring is 1. The second-order valence-corrected chi connectivity index (χ2v) is 5.03. The fourth-order valence-electron chi connectivity index (χ4n) is 1.92. The largest absolute Gasteiger partial charge is 0.492 e. The molecule has 21 heavy (non-hydrogen) atoms. The van der Waals surface area contributed by atoms with Crippen molar-refractivity contribution in [2.24, 2.45) is 0 Å². The number of nitrogens with two attached hydrogens (primary N) is 1. The second kappa shape index (κ2) is 6.50. The van der Waals surface area contributed by atoms with Crippen LogP contribution in [0.2, 0.25) is 5.02 Å². The summed E-state index contributed by atoms with van der Waals surface area (Å²) < 4.78 is 5.35. The van der Waals surface area contributed by atoms with Crippen molar-refractivity contribution in [2.75, 3.05) is 17.7 Å². The number of halogens is 1. The van der Waals surface area contributed by atoms with E-state index < -0.39 is 0 Å². The Balaban J connectivity index is 2.19. The molecule has 0 saturated heterocycles. The van der Waals surface area contributed by atoms with E-state index >= 15 is 0 Å². The molecule has 2 aromatic carbocycles. The zero-order valence-electron chi connectivity index (χ0n) is 11.9. The van der Waals surface area contributed by atoms with Crippen molar-refractivity contribution in [2.45, 2.75) is 13.8 Å². The molecule has 0 atom stereocenters. The summed E-state index contributed by atoms with van der Waals surface area (Å²) in [5.74, 6) is 0.323. The van der Waals surface area contributed by atoms with Crippen molar-refractivity contribution < 1.29 is 9.53 Å². The van der Waals surface area contributed by atoms with Gasteiger partial charge < -0.3 is 15.8 Å². The molecule has 0 aliphatic heterocycles. The summed E-state index contributed by atoms with van der Waals surface area (Å²) in [6.07, 6.45) is 0. The van der Waals surface area contributed by atoms with Gasteiger partial charge in [0.1, 0.15) is 5.75 Å². The second-order valence-electron chi connectivity index (χ2n) is 4.62. The van der Waals surface area contributed by atoms with Gasteiger partial charge >= 0.3 is 0 Å². The first kappa shape index (κ1) is 15.2. The number of benzene rings is 2. The van der Waals surface area contributed by atoms with Crippen LogP contribution in [0.1, 0.15) is 22.8 Å². The maximum Gasteiger partial charge on any atom is 0.257 e. The fraction of sp³-hybridized carbons (Fsp3) is 0.188. The molecule has 0 aromatic heterocycles. The van der Waals surface area contributed by atoms with Crippen molar-refractivity contribution in [1.29, 1.82) is 0 Å². The Hall–Kier alpha value is -2.20. The zero-order chi connectivity index (χ0) is 15.4. The van der Waals surface area contributed by atoms with E-state index in [1.165, 1.54) is 0 Å². The van der Waals surface area contributed by atoms with E-state index in [-0.39, 0.29) is 5.91 Å². The van der Waals surface area contributed by atoms with Crippen molar-refractivity contribution in [1.82, 2.24) is 0 Å². The highest BCUT2D eigenvalue weighted by Crippen LogP contribution is 2.28. The lowest BCUT2D eigenvalue weighted by molar-refractivity contribution is 0.102. The Kier molecular flexibility index (Phi) is 4.70. The number of nitrogens with one attached hydrogen (secondary N) is 1. The summed E-state index contributed by atoms with van der Waals surface area (Å²) >= 11 is 6.09. The molecule has 3 N–H and O–H groups in total. The molecule has 2 aromatic rings. The lowest BCUT2D eigenvalue weighted by atomic mass is 10.1. The third-order valence-electron chi connectivity index (χ3n) is 2.94. The van der Waals surface area contributed by atoms with Gasteiger partial charge in [0.25, 0.3) is 5.91 Å². The summed E-state index contributed by atoms with van der Waals surface area (Å²) in [4.78, 5) is 12.2. The Morgan fingerprint density at radius 3 is 2.71 bits per heavy atom. The van der Waals surface area contributed by atoms with Crippen LogP contribution in [0.4, 0.5) is 11.4 Å². The topological polar surface area (TPSA) is 64.3 Å². The molecular weight excluding hydrogens is 288 g/mol. The minimum absolute atomic E-state index is 0.267. The molecule has 0 bridgehead atoms. The number of carbonyl (C=O) groups is 1. The maximum atomic E-state index is 12.2. The lowest BCUT2D eigenvalue weighted by Crippen LogP contribution is -2.14. The van der Waals surface area contributed by atoms with Gasteiger partial charge in [-0.05, 0) is 44.2 Å². The first-order valence-corrected chi connectivity index (χ1v) is 6.99. The third-order valence-corrected chi connectivity index (χ3v) is 3.24. The molecule has 0 radical (unpaired) electrons. The van der Waals surface area contributed by atoms with Gasteiger partial charge in [-0.25, -0.2) is 0 Å². The number of aryl methyl sites for hydroxylation is 1. The molecule has 0 fully saturated rings. The van der Waals surface area contributed by atoms with Crippen LogP contribution in [0.5, 0.6) is 5.75 Å². The number of carbonyl (C=O) groups excluding carboxylic acids is 1. The average molecular weight is 305 g/mol. The number of hydrogen-bond donors (Lipinski definition) is 2. The van der Waals surface area contributed by atoms with Gasteiger partial charge in [-0.15, -0.1) is 0 Å². The van der Waals surface area contributed by atoms with Gasteiger partial charge in [0, 0.05) is 11.4 Å². The molecule has 110 valence electrons. The molecule has 0 saturated carbocycles. The van der Waals surface area contributed by atoms with Gasteiger partial charge in [-0.1, -0.05) is 23.2 Å². The average Bonchev–Trinajstić information content (AvgIpc) is 2.44. The van der Waals surface area contributed by atoms with Crippen LogP contribution in [0.3, 0.4) is 0 Å². The van der Waals surface area contributed by atoms with Crippen molar-refractivity contribution in [3.05, 3.63) is 52.5 Å². The van der Waals surface area contributed by atoms with Crippen LogP contribution in [0.15, 0.2) is 36.4 Å². The summed E-state index contributed by atoms with van der Waals surface area (Å²) in [5, 5.41) is 3.23. The van der Waals surface area contributed by atoms with Crippen LogP contribution in [0, 0.1) is 6.92 Å². The first-order valence-electron chi connectivity index (χ1n) is 6.61. The van der Waals surface area contributed by atoms with Crippen molar-refractivity contribution >= 4 is 28.9 Å². The highest BCUT2D eigenvalue weighted by molar-refractivity contribution is 6.32. The standard InChI is InChI=1S/C16H17ClN2O2/c1-3-21-15-7-5-11(9-13(15)17)19-16(20)12-8-10(2)4-6-14(12)18/h4-9H,3,18H2,1-2H3,(H,19,20). The van der Waals surface area contributed by atoms with Gasteiger partial charge in [0.05, 0.1) is 17.2 Å². The SMILES string of the molecule is CCOc1ccc(NC(=O)c2cc(C)ccc2N)cc1Cl. The molecule has 2 rings (SSSR count). The fourth-order valence-corrected chi connectivity index (χ4v) is 2.15. The van der Waals surface area contributed by atoms with Crippen molar-refractivity contribution in [3.63, 3.8) is 0 Å². The third kappa shape index (κ3) is 3.67. The molecule has 4 nitrogen and oxygen atoms in total. The summed E-state index contributed by atoms with van der Waals surface area (Å²) in [7, 11) is 0. The highest BCUT2D eigenvalue weighted by atomic mass is 35.5. The molecule has 0 unspecified atom stereocenters. The van der Waals surface area contributed by atoms with Crippen LogP contribution in [-0.4, -0.2) is 12.5 Å². The number of rotatable bonds is 4. The zero-order valence-corrected chi connectivity index (χ0v) is 12.7. The molecule has 0 spiro atoms. The number of hydrogen-bond acceptors (Lipinski definition) is 3. The Bertz CT molecular complexity index is 671. The first-order chi connectivity index (χ1) is 10.0. The van der Waals surface area contributed by atoms with Crippen molar-refractivity contribution in [3.8, 4) is 5.75 Å². The molecular formula is C16H17ClN2O2. The van der Waals surface area contributed by atoms with Crippen LogP contribution >= 0.6 is 11.6 Å². The summed E-state index contributed by atoms with van der Waals surface area (Å²) in [6.45, 7) is 4.32. The van der Waals surface area contributed by atoms with Gasteiger partial charge in [0.15, 0.2) is 0 Å².